The van der Waals surface area contributed by atoms with Crippen LogP contribution in [0, 0.1) is 5.92 Å². The van der Waals surface area contributed by atoms with E-state index >= 15 is 0 Å². The van der Waals surface area contributed by atoms with Gasteiger partial charge in [-0.2, -0.15) is 4.98 Å². The van der Waals surface area contributed by atoms with Crippen LogP contribution in [-0.2, 0) is 4.79 Å². The van der Waals surface area contributed by atoms with Gasteiger partial charge in [-0.15, -0.1) is 0 Å². The lowest BCUT2D eigenvalue weighted by Crippen LogP contribution is -2.37. The molecule has 0 saturated heterocycles. The van der Waals surface area contributed by atoms with Crippen LogP contribution in [0.5, 0.6) is 0 Å². The fourth-order valence-corrected chi connectivity index (χ4v) is 4.20. The number of amides is 1. The van der Waals surface area contributed by atoms with Gasteiger partial charge < -0.3 is 15.5 Å². The molecule has 7 heteroatoms. The number of ketones is 1. The number of fused-ring (bicyclic) bond motifs is 1. The molecule has 2 N–H and O–H groups in total. The first-order chi connectivity index (χ1) is 15.5. The lowest BCUT2D eigenvalue weighted by molar-refractivity contribution is -0.117. The monoisotopic (exact) mass is 431 g/mol. The molecule has 3 aromatic rings. The number of anilines is 2. The average Bonchev–Trinajstić information content (AvgIpc) is 2.83. The second-order valence-electron chi connectivity index (χ2n) is 8.55. The highest BCUT2D eigenvalue weighted by Gasteiger charge is 2.24. The summed E-state index contributed by atoms with van der Waals surface area (Å²) in [6.45, 7) is 0.529. The van der Waals surface area contributed by atoms with E-state index in [1.54, 1.807) is 24.3 Å². The Morgan fingerprint density at radius 1 is 0.938 bits per heavy atom. The Labute approximate surface area is 188 Å². The van der Waals surface area contributed by atoms with E-state index in [0.29, 0.717) is 30.0 Å². The Morgan fingerprint density at radius 2 is 1.62 bits per heavy atom. The molecule has 7 nitrogen and oxygen atoms in total. The third kappa shape index (κ3) is 5.04. The smallest absolute Gasteiger partial charge is 0.292 e. The molecule has 32 heavy (non-hydrogen) atoms. The Kier molecular flexibility index (Phi) is 6.63. The Bertz CT molecular complexity index is 1090. The molecular formula is C25H29N5O2. The summed E-state index contributed by atoms with van der Waals surface area (Å²) in [5.41, 5.74) is 1.35. The summed E-state index contributed by atoms with van der Waals surface area (Å²) in [6.07, 6.45) is 3.90. The largest absolute Gasteiger partial charge is 0.362 e. The molecule has 1 heterocycles. The normalized spacial score (nSPS) is 18.2. The molecule has 2 aromatic carbocycles. The molecule has 1 aliphatic rings. The second kappa shape index (κ2) is 9.77. The molecular weight excluding hydrogens is 402 g/mol. The van der Waals surface area contributed by atoms with Crippen molar-refractivity contribution in [1.29, 1.82) is 0 Å². The zero-order valence-corrected chi connectivity index (χ0v) is 18.5. The first kappa shape index (κ1) is 21.7. The quantitative estimate of drug-likeness (QED) is 0.438. The van der Waals surface area contributed by atoms with Gasteiger partial charge in [-0.25, -0.2) is 4.98 Å². The molecule has 1 aromatic heterocycles. The highest BCUT2D eigenvalue weighted by molar-refractivity contribution is 6.42. The SMILES string of the molecule is CN(C)c1nc(N[C@H]2CC[C@@H](CNC(=O)C(=O)c3ccccc3)CC2)nc2ccccc12. The van der Waals surface area contributed by atoms with Crippen LogP contribution in [0.3, 0.4) is 0 Å². The van der Waals surface area contributed by atoms with Gasteiger partial charge in [-0.05, 0) is 43.7 Å². The molecule has 0 unspecified atom stereocenters. The van der Waals surface area contributed by atoms with Crippen molar-refractivity contribution in [3.8, 4) is 0 Å². The number of benzene rings is 2. The van der Waals surface area contributed by atoms with Crippen molar-refractivity contribution in [1.82, 2.24) is 15.3 Å². The van der Waals surface area contributed by atoms with Crippen LogP contribution >= 0.6 is 0 Å². The Morgan fingerprint density at radius 3 is 2.34 bits per heavy atom. The number of hydrogen-bond donors (Lipinski definition) is 2. The van der Waals surface area contributed by atoms with Crippen LogP contribution in [0.15, 0.2) is 54.6 Å². The molecule has 0 radical (unpaired) electrons. The third-order valence-corrected chi connectivity index (χ3v) is 5.98. The predicted molar refractivity (Wildman–Crippen MR) is 127 cm³/mol. The van der Waals surface area contributed by atoms with Crippen molar-refractivity contribution in [3.05, 3.63) is 60.2 Å². The van der Waals surface area contributed by atoms with E-state index in [2.05, 4.69) is 10.6 Å². The van der Waals surface area contributed by atoms with Crippen LogP contribution in [0.2, 0.25) is 0 Å². The van der Waals surface area contributed by atoms with Gasteiger partial charge in [0, 0.05) is 37.6 Å². The van der Waals surface area contributed by atoms with Gasteiger partial charge >= 0.3 is 0 Å². The van der Waals surface area contributed by atoms with Crippen LogP contribution in [0.1, 0.15) is 36.0 Å². The second-order valence-corrected chi connectivity index (χ2v) is 8.55. The summed E-state index contributed by atoms with van der Waals surface area (Å²) in [5, 5.41) is 7.35. The summed E-state index contributed by atoms with van der Waals surface area (Å²) >= 11 is 0. The molecule has 4 rings (SSSR count). The topological polar surface area (TPSA) is 87.2 Å². The minimum absolute atomic E-state index is 0.295. The van der Waals surface area contributed by atoms with Crippen molar-refractivity contribution in [2.24, 2.45) is 5.92 Å². The van der Waals surface area contributed by atoms with Crippen LogP contribution in [0.25, 0.3) is 10.9 Å². The van der Waals surface area contributed by atoms with Gasteiger partial charge in [-0.3, -0.25) is 9.59 Å². The summed E-state index contributed by atoms with van der Waals surface area (Å²) in [7, 11) is 3.97. The summed E-state index contributed by atoms with van der Waals surface area (Å²) in [4.78, 5) is 35.8. The first-order valence-electron chi connectivity index (χ1n) is 11.1. The molecule has 0 aliphatic heterocycles. The highest BCUT2D eigenvalue weighted by atomic mass is 16.2. The molecule has 0 atom stereocenters. The van der Waals surface area contributed by atoms with Crippen molar-refractivity contribution in [3.63, 3.8) is 0 Å². The highest BCUT2D eigenvalue weighted by Crippen LogP contribution is 2.28. The number of aromatic nitrogens is 2. The zero-order valence-electron chi connectivity index (χ0n) is 18.5. The van der Waals surface area contributed by atoms with E-state index in [0.717, 1.165) is 42.4 Å². The number of rotatable bonds is 7. The molecule has 1 aliphatic carbocycles. The van der Waals surface area contributed by atoms with Crippen LogP contribution in [0.4, 0.5) is 11.8 Å². The number of carbonyl (C=O) groups is 2. The number of nitrogens with one attached hydrogen (secondary N) is 2. The lowest BCUT2D eigenvalue weighted by Gasteiger charge is -2.29. The number of carbonyl (C=O) groups excluding carboxylic acids is 2. The van der Waals surface area contributed by atoms with Gasteiger partial charge in [0.05, 0.1) is 5.52 Å². The van der Waals surface area contributed by atoms with E-state index in [9.17, 15) is 9.59 Å². The van der Waals surface area contributed by atoms with Crippen LogP contribution < -0.4 is 15.5 Å². The average molecular weight is 432 g/mol. The summed E-state index contributed by atoms with van der Waals surface area (Å²) in [5.74, 6) is 0.911. The molecule has 1 amide bonds. The fraction of sp³-hybridized carbons (Fsp3) is 0.360. The van der Waals surface area contributed by atoms with Crippen LogP contribution in [-0.4, -0.2) is 48.3 Å². The molecule has 0 bridgehead atoms. The minimum Gasteiger partial charge on any atom is -0.362 e. The Hall–Kier alpha value is -3.48. The maximum absolute atomic E-state index is 12.2. The lowest BCUT2D eigenvalue weighted by atomic mass is 9.86. The van der Waals surface area contributed by atoms with E-state index in [4.69, 9.17) is 9.97 Å². The number of para-hydroxylation sites is 1. The number of Topliss-reactive ketones (excluding diaryl/α,β-unsaturated/α-hetero) is 1. The molecule has 166 valence electrons. The number of hydrogen-bond acceptors (Lipinski definition) is 6. The maximum Gasteiger partial charge on any atom is 0.292 e. The first-order valence-corrected chi connectivity index (χ1v) is 11.1. The molecule has 1 fully saturated rings. The van der Waals surface area contributed by atoms with Gasteiger partial charge in [0.15, 0.2) is 0 Å². The van der Waals surface area contributed by atoms with Gasteiger partial charge in [0.1, 0.15) is 5.82 Å². The number of nitrogens with zero attached hydrogens (tertiary/aromatic N) is 3. The third-order valence-electron chi connectivity index (χ3n) is 5.98. The maximum atomic E-state index is 12.2. The van der Waals surface area contributed by atoms with Crippen molar-refractivity contribution in [2.45, 2.75) is 31.7 Å². The van der Waals surface area contributed by atoms with Crippen molar-refractivity contribution >= 4 is 34.4 Å². The predicted octanol–water partition coefficient (Wildman–Crippen LogP) is 3.67. The van der Waals surface area contributed by atoms with Gasteiger partial charge in [0.2, 0.25) is 11.7 Å². The van der Waals surface area contributed by atoms with E-state index < -0.39 is 11.7 Å². The summed E-state index contributed by atoms with van der Waals surface area (Å²) in [6, 6.07) is 17.0. The van der Waals surface area contributed by atoms with Crippen molar-refractivity contribution in [2.75, 3.05) is 30.9 Å². The van der Waals surface area contributed by atoms with E-state index in [1.165, 1.54) is 0 Å². The fourth-order valence-electron chi connectivity index (χ4n) is 4.20. The van der Waals surface area contributed by atoms with E-state index in [1.807, 2.05) is 49.3 Å². The summed E-state index contributed by atoms with van der Waals surface area (Å²) < 4.78 is 0. The Balaban J connectivity index is 1.30. The molecule has 0 spiro atoms. The van der Waals surface area contributed by atoms with E-state index in [-0.39, 0.29) is 0 Å². The van der Waals surface area contributed by atoms with Crippen molar-refractivity contribution < 1.29 is 9.59 Å². The zero-order chi connectivity index (χ0) is 22.5. The molecule has 1 saturated carbocycles. The van der Waals surface area contributed by atoms with Gasteiger partial charge in [-0.1, -0.05) is 42.5 Å². The minimum atomic E-state index is -0.530. The van der Waals surface area contributed by atoms with Gasteiger partial charge in [0.25, 0.3) is 5.91 Å². The standard InChI is InChI=1S/C25H29N5O2/c1-30(2)23-20-10-6-7-11-21(20)28-25(29-23)27-19-14-12-17(13-15-19)16-26-24(32)22(31)18-8-4-3-5-9-18/h3-11,17,19H,12-16H2,1-2H3,(H,26,32)(H,27,28,29)/t17-,19+.